The Kier molecular flexibility index (Phi) is 3.32. The van der Waals surface area contributed by atoms with E-state index >= 15 is 0 Å². The number of rotatable bonds is 2. The monoisotopic (exact) mass is 212 g/mol. The fourth-order valence-corrected chi connectivity index (χ4v) is 2.51. The van der Waals surface area contributed by atoms with Gasteiger partial charge in [0.1, 0.15) is 11.9 Å². The van der Waals surface area contributed by atoms with Crippen LogP contribution < -0.4 is 0 Å². The summed E-state index contributed by atoms with van der Waals surface area (Å²) >= 11 is 0. The van der Waals surface area contributed by atoms with Crippen LogP contribution in [0.1, 0.15) is 44.9 Å². The van der Waals surface area contributed by atoms with E-state index in [-0.39, 0.29) is 0 Å². The maximum Gasteiger partial charge on any atom is 0.139 e. The summed E-state index contributed by atoms with van der Waals surface area (Å²) in [6, 6.07) is 0. The van der Waals surface area contributed by atoms with Crippen molar-refractivity contribution in [2.24, 2.45) is 0 Å². The molecule has 1 atom stereocenters. The van der Waals surface area contributed by atoms with Gasteiger partial charge in [0.05, 0.1) is 12.2 Å². The van der Waals surface area contributed by atoms with Crippen LogP contribution in [0.15, 0.2) is 11.8 Å². The number of aliphatic hydroxyl groups excluding tert-OH is 1. The van der Waals surface area contributed by atoms with Crippen molar-refractivity contribution in [2.75, 3.05) is 6.61 Å². The second-order valence-electron chi connectivity index (χ2n) is 4.66. The summed E-state index contributed by atoms with van der Waals surface area (Å²) in [6.07, 6.45) is 7.63. The Bertz CT molecular complexity index is 239. The van der Waals surface area contributed by atoms with E-state index in [1.807, 2.05) is 6.08 Å². The van der Waals surface area contributed by atoms with Crippen molar-refractivity contribution in [1.29, 1.82) is 0 Å². The Morgan fingerprint density at radius 2 is 1.87 bits per heavy atom. The van der Waals surface area contributed by atoms with Crippen molar-refractivity contribution in [2.45, 2.75) is 56.7 Å². The van der Waals surface area contributed by atoms with Gasteiger partial charge in [0.2, 0.25) is 0 Å². The third-order valence-electron chi connectivity index (χ3n) is 3.48. The molecule has 1 aliphatic heterocycles. The lowest BCUT2D eigenvalue weighted by Gasteiger charge is -2.32. The fraction of sp³-hybridized carbons (Fsp3) is 0.833. The van der Waals surface area contributed by atoms with Gasteiger partial charge in [0, 0.05) is 6.42 Å². The molecule has 2 rings (SSSR count). The van der Waals surface area contributed by atoms with Crippen molar-refractivity contribution in [3.05, 3.63) is 11.8 Å². The van der Waals surface area contributed by atoms with Crippen LogP contribution in [0.5, 0.6) is 0 Å². The minimum absolute atomic E-state index is 0.583. The van der Waals surface area contributed by atoms with Crippen LogP contribution in [-0.2, 0) is 4.74 Å². The predicted molar refractivity (Wildman–Crippen MR) is 57.3 cm³/mol. The quantitative estimate of drug-likeness (QED) is 0.685. The molecule has 0 aromatic heterocycles. The molecule has 0 aromatic rings. The van der Waals surface area contributed by atoms with Crippen molar-refractivity contribution >= 4 is 0 Å². The summed E-state index contributed by atoms with van der Waals surface area (Å²) in [6.45, 7) is 0.641. The zero-order valence-electron chi connectivity index (χ0n) is 9.11. The van der Waals surface area contributed by atoms with Gasteiger partial charge < -0.3 is 14.9 Å². The lowest BCUT2D eigenvalue weighted by Crippen LogP contribution is -2.43. The van der Waals surface area contributed by atoms with Crippen LogP contribution in [0.2, 0.25) is 0 Å². The third kappa shape index (κ3) is 2.34. The molecule has 0 radical (unpaired) electrons. The largest absolute Gasteiger partial charge is 0.495 e. The summed E-state index contributed by atoms with van der Waals surface area (Å²) in [5, 5.41) is 20.5. The van der Waals surface area contributed by atoms with Gasteiger partial charge in [-0.1, -0.05) is 25.7 Å². The molecule has 0 amide bonds. The third-order valence-corrected chi connectivity index (χ3v) is 3.48. The molecule has 15 heavy (non-hydrogen) atoms. The highest BCUT2D eigenvalue weighted by atomic mass is 16.5. The molecule has 0 spiro atoms. The average Bonchev–Trinajstić information content (AvgIpc) is 2.67. The van der Waals surface area contributed by atoms with Crippen LogP contribution in [0.4, 0.5) is 0 Å². The van der Waals surface area contributed by atoms with E-state index in [4.69, 9.17) is 4.74 Å². The van der Waals surface area contributed by atoms with Gasteiger partial charge in [-0.3, -0.25) is 0 Å². The van der Waals surface area contributed by atoms with E-state index < -0.39 is 11.7 Å². The molecule has 1 saturated carbocycles. The van der Waals surface area contributed by atoms with Gasteiger partial charge in [0.25, 0.3) is 0 Å². The SMILES string of the molecule is OC(C1=CCCO1)C1(O)CCCCCC1. The van der Waals surface area contributed by atoms with E-state index in [9.17, 15) is 10.2 Å². The molecule has 86 valence electrons. The summed E-state index contributed by atoms with van der Waals surface area (Å²) in [7, 11) is 0. The first-order valence-electron chi connectivity index (χ1n) is 5.96. The smallest absolute Gasteiger partial charge is 0.139 e. The normalized spacial score (nSPS) is 27.7. The maximum atomic E-state index is 10.4. The van der Waals surface area contributed by atoms with Gasteiger partial charge in [-0.05, 0) is 18.9 Å². The topological polar surface area (TPSA) is 49.7 Å². The molecular formula is C12H20O3. The number of hydrogen-bond acceptors (Lipinski definition) is 3. The van der Waals surface area contributed by atoms with E-state index in [2.05, 4.69) is 0 Å². The highest BCUT2D eigenvalue weighted by molar-refractivity contribution is 5.11. The summed E-state index contributed by atoms with van der Waals surface area (Å²) in [4.78, 5) is 0. The van der Waals surface area contributed by atoms with Gasteiger partial charge in [0.15, 0.2) is 0 Å². The molecule has 1 unspecified atom stereocenters. The Labute approximate surface area is 90.8 Å². The van der Waals surface area contributed by atoms with Gasteiger partial charge in [-0.2, -0.15) is 0 Å². The number of ether oxygens (including phenoxy) is 1. The molecule has 2 aliphatic rings. The van der Waals surface area contributed by atoms with Crippen LogP contribution in [-0.4, -0.2) is 28.5 Å². The Balaban J connectivity index is 2.05. The first kappa shape index (κ1) is 11.0. The van der Waals surface area contributed by atoms with Crippen molar-refractivity contribution in [1.82, 2.24) is 0 Å². The second-order valence-corrected chi connectivity index (χ2v) is 4.66. The summed E-state index contributed by atoms with van der Waals surface area (Å²) in [5.74, 6) is 0.583. The van der Waals surface area contributed by atoms with E-state index in [0.717, 1.165) is 32.1 Å². The lowest BCUT2D eigenvalue weighted by molar-refractivity contribution is -0.0850. The van der Waals surface area contributed by atoms with Crippen molar-refractivity contribution in [3.8, 4) is 0 Å². The predicted octanol–water partition coefficient (Wildman–Crippen LogP) is 1.74. The lowest BCUT2D eigenvalue weighted by atomic mass is 9.87. The second kappa shape index (κ2) is 4.54. The van der Waals surface area contributed by atoms with Gasteiger partial charge in [-0.25, -0.2) is 0 Å². The van der Waals surface area contributed by atoms with Crippen LogP contribution in [0, 0.1) is 0 Å². The van der Waals surface area contributed by atoms with Crippen LogP contribution in [0.3, 0.4) is 0 Å². The Morgan fingerprint density at radius 3 is 2.40 bits per heavy atom. The molecule has 3 heteroatoms. The van der Waals surface area contributed by atoms with Crippen molar-refractivity contribution in [3.63, 3.8) is 0 Å². The van der Waals surface area contributed by atoms with Crippen LogP contribution in [0.25, 0.3) is 0 Å². The molecule has 0 aromatic carbocycles. The summed E-state index contributed by atoms with van der Waals surface area (Å²) < 4.78 is 5.33. The molecule has 1 aliphatic carbocycles. The molecular weight excluding hydrogens is 192 g/mol. The molecule has 1 heterocycles. The minimum Gasteiger partial charge on any atom is -0.495 e. The first-order valence-corrected chi connectivity index (χ1v) is 5.96. The molecule has 0 bridgehead atoms. The highest BCUT2D eigenvalue weighted by Gasteiger charge is 2.39. The van der Waals surface area contributed by atoms with Crippen molar-refractivity contribution < 1.29 is 14.9 Å². The van der Waals surface area contributed by atoms with Gasteiger partial charge >= 0.3 is 0 Å². The molecule has 0 saturated heterocycles. The van der Waals surface area contributed by atoms with Crippen LogP contribution >= 0.6 is 0 Å². The molecule has 3 nitrogen and oxygen atoms in total. The van der Waals surface area contributed by atoms with Gasteiger partial charge in [-0.15, -0.1) is 0 Å². The first-order chi connectivity index (χ1) is 7.22. The zero-order chi connectivity index (χ0) is 10.7. The van der Waals surface area contributed by atoms with E-state index in [1.165, 1.54) is 0 Å². The maximum absolute atomic E-state index is 10.4. The number of aliphatic hydroxyl groups is 2. The van der Waals surface area contributed by atoms with E-state index in [0.29, 0.717) is 25.2 Å². The molecule has 1 fully saturated rings. The minimum atomic E-state index is -0.952. The Morgan fingerprint density at radius 1 is 1.20 bits per heavy atom. The van der Waals surface area contributed by atoms with E-state index in [1.54, 1.807) is 0 Å². The molecule has 2 N–H and O–H groups in total. The average molecular weight is 212 g/mol. The number of hydrogen-bond donors (Lipinski definition) is 2. The Hall–Kier alpha value is -0.540. The summed E-state index contributed by atoms with van der Waals surface area (Å²) in [5.41, 5.74) is -0.952. The fourth-order valence-electron chi connectivity index (χ4n) is 2.51. The highest BCUT2D eigenvalue weighted by Crippen LogP contribution is 2.34. The zero-order valence-corrected chi connectivity index (χ0v) is 9.11. The standard InChI is InChI=1S/C12H20O3/c13-11(10-6-5-9-15-10)12(14)7-3-1-2-4-8-12/h6,11,13-14H,1-5,7-9H2.